The summed E-state index contributed by atoms with van der Waals surface area (Å²) in [6, 6.07) is 14.5. The van der Waals surface area contributed by atoms with Crippen LogP contribution in [-0.2, 0) is 17.1 Å². The van der Waals surface area contributed by atoms with Crippen molar-refractivity contribution >= 4 is 17.7 Å². The number of amides is 1. The van der Waals surface area contributed by atoms with Gasteiger partial charge in [-0.15, -0.1) is 11.8 Å². The zero-order valence-corrected chi connectivity index (χ0v) is 15.9. The van der Waals surface area contributed by atoms with E-state index in [2.05, 4.69) is 42.3 Å². The number of hydrogen-bond acceptors (Lipinski definition) is 3. The Morgan fingerprint density at radius 2 is 1.92 bits per heavy atom. The number of para-hydroxylation sites is 1. The van der Waals surface area contributed by atoms with E-state index in [1.54, 1.807) is 24.3 Å². The Bertz CT molecular complexity index is 854. The molecule has 0 aliphatic heterocycles. The average Bonchev–Trinajstić information content (AvgIpc) is 3.14. The number of hydrogen-bond donors (Lipinski definition) is 1. The third kappa shape index (κ3) is 4.99. The molecule has 3 aromatic rings. The Morgan fingerprint density at radius 1 is 1.15 bits per heavy atom. The molecule has 0 saturated heterocycles. The Balaban J connectivity index is 1.50. The van der Waals surface area contributed by atoms with Gasteiger partial charge in [0.2, 0.25) is 5.91 Å². The lowest BCUT2D eigenvalue weighted by Gasteiger charge is -2.11. The van der Waals surface area contributed by atoms with E-state index in [1.165, 1.54) is 16.7 Å². The van der Waals surface area contributed by atoms with Crippen LogP contribution in [0.2, 0.25) is 0 Å². The Labute approximate surface area is 158 Å². The van der Waals surface area contributed by atoms with Gasteiger partial charge in [-0.2, -0.15) is 0 Å². The van der Waals surface area contributed by atoms with Crippen molar-refractivity contribution in [3.8, 4) is 5.69 Å². The predicted molar refractivity (Wildman–Crippen MR) is 107 cm³/mol. The van der Waals surface area contributed by atoms with E-state index in [1.807, 2.05) is 35.0 Å². The molecule has 26 heavy (non-hydrogen) atoms. The number of nitrogens with zero attached hydrogens (tertiary/aromatic N) is 2. The van der Waals surface area contributed by atoms with Crippen LogP contribution in [0.5, 0.6) is 0 Å². The van der Waals surface area contributed by atoms with Crippen LogP contribution in [0.4, 0.5) is 0 Å². The van der Waals surface area contributed by atoms with Crippen LogP contribution in [0.15, 0.2) is 61.2 Å². The number of aryl methyl sites for hydroxylation is 2. The summed E-state index contributed by atoms with van der Waals surface area (Å²) in [5, 5.41) is 3.02. The summed E-state index contributed by atoms with van der Waals surface area (Å²) >= 11 is 1.64. The fourth-order valence-corrected chi connectivity index (χ4v) is 3.76. The lowest BCUT2D eigenvalue weighted by atomic mass is 10.1. The number of carbonyl (C=O) groups excluding carboxylic acids is 1. The third-order valence-electron chi connectivity index (χ3n) is 4.03. The molecule has 0 aliphatic rings. The summed E-state index contributed by atoms with van der Waals surface area (Å²) in [5.74, 6) is 1.36. The van der Waals surface area contributed by atoms with Crippen molar-refractivity contribution in [3.63, 3.8) is 0 Å². The Morgan fingerprint density at radius 3 is 2.65 bits per heavy atom. The number of thioether (sulfide) groups is 1. The highest BCUT2D eigenvalue weighted by Gasteiger charge is 2.07. The van der Waals surface area contributed by atoms with Crippen LogP contribution in [0.1, 0.15) is 22.3 Å². The summed E-state index contributed by atoms with van der Waals surface area (Å²) in [7, 11) is 0. The smallest absolute Gasteiger partial charge is 0.230 e. The topological polar surface area (TPSA) is 46.9 Å². The number of carbonyl (C=O) groups is 1. The molecule has 134 valence electrons. The Kier molecular flexibility index (Phi) is 6.12. The van der Waals surface area contributed by atoms with Gasteiger partial charge >= 0.3 is 0 Å². The SMILES string of the molecule is Cc1cc(C)cc(CSCC(=O)NCc2ccccc2-n2ccnc2)c1. The molecule has 1 amide bonds. The van der Waals surface area contributed by atoms with Crippen LogP contribution in [0.3, 0.4) is 0 Å². The first kappa shape index (κ1) is 18.3. The summed E-state index contributed by atoms with van der Waals surface area (Å²) in [6.07, 6.45) is 5.42. The molecule has 0 fully saturated rings. The van der Waals surface area contributed by atoms with Gasteiger partial charge in [-0.25, -0.2) is 4.98 Å². The lowest BCUT2D eigenvalue weighted by Crippen LogP contribution is -2.25. The number of nitrogens with one attached hydrogen (secondary N) is 1. The molecule has 1 N–H and O–H groups in total. The predicted octanol–water partition coefficient (Wildman–Crippen LogP) is 4.04. The minimum absolute atomic E-state index is 0.0554. The highest BCUT2D eigenvalue weighted by atomic mass is 32.2. The maximum Gasteiger partial charge on any atom is 0.230 e. The van der Waals surface area contributed by atoms with E-state index in [4.69, 9.17) is 0 Å². The quantitative estimate of drug-likeness (QED) is 0.687. The van der Waals surface area contributed by atoms with E-state index in [0.717, 1.165) is 17.0 Å². The molecule has 0 spiro atoms. The lowest BCUT2D eigenvalue weighted by molar-refractivity contribution is -0.118. The van der Waals surface area contributed by atoms with E-state index in [-0.39, 0.29) is 5.91 Å². The standard InChI is InChI=1S/C21H23N3OS/c1-16-9-17(2)11-18(10-16)13-26-14-21(25)23-12-19-5-3-4-6-20(19)24-8-7-22-15-24/h3-11,15H,12-14H2,1-2H3,(H,23,25). The highest BCUT2D eigenvalue weighted by molar-refractivity contribution is 7.99. The van der Waals surface area contributed by atoms with Gasteiger partial charge in [0.1, 0.15) is 0 Å². The summed E-state index contributed by atoms with van der Waals surface area (Å²) < 4.78 is 1.95. The van der Waals surface area contributed by atoms with Crippen molar-refractivity contribution in [2.24, 2.45) is 0 Å². The monoisotopic (exact) mass is 365 g/mol. The van der Waals surface area contributed by atoms with Gasteiger partial charge in [0.25, 0.3) is 0 Å². The van der Waals surface area contributed by atoms with Gasteiger partial charge in [0.15, 0.2) is 0 Å². The van der Waals surface area contributed by atoms with Gasteiger partial charge in [0.05, 0.1) is 17.8 Å². The minimum atomic E-state index is 0.0554. The third-order valence-corrected chi connectivity index (χ3v) is 5.04. The van der Waals surface area contributed by atoms with E-state index >= 15 is 0 Å². The minimum Gasteiger partial charge on any atom is -0.351 e. The van der Waals surface area contributed by atoms with Crippen molar-refractivity contribution in [1.82, 2.24) is 14.9 Å². The summed E-state index contributed by atoms with van der Waals surface area (Å²) in [4.78, 5) is 16.3. The molecule has 0 unspecified atom stereocenters. The molecule has 0 bridgehead atoms. The molecule has 4 nitrogen and oxygen atoms in total. The van der Waals surface area contributed by atoms with Crippen molar-refractivity contribution in [2.75, 3.05) is 5.75 Å². The maximum absolute atomic E-state index is 12.2. The molecule has 1 heterocycles. The van der Waals surface area contributed by atoms with Crippen LogP contribution in [0.25, 0.3) is 5.69 Å². The number of imidazole rings is 1. The second kappa shape index (κ2) is 8.72. The number of benzene rings is 2. The van der Waals surface area contributed by atoms with Crippen LogP contribution in [-0.4, -0.2) is 21.2 Å². The molecule has 0 radical (unpaired) electrons. The van der Waals surface area contributed by atoms with Gasteiger partial charge in [0, 0.05) is 24.7 Å². The van der Waals surface area contributed by atoms with Crippen LogP contribution < -0.4 is 5.32 Å². The van der Waals surface area contributed by atoms with Crippen LogP contribution >= 0.6 is 11.8 Å². The van der Waals surface area contributed by atoms with Gasteiger partial charge < -0.3 is 9.88 Å². The van der Waals surface area contributed by atoms with Crippen molar-refractivity contribution in [1.29, 1.82) is 0 Å². The second-order valence-electron chi connectivity index (χ2n) is 6.36. The largest absolute Gasteiger partial charge is 0.351 e. The molecular weight excluding hydrogens is 342 g/mol. The first-order valence-electron chi connectivity index (χ1n) is 8.59. The van der Waals surface area contributed by atoms with E-state index in [0.29, 0.717) is 12.3 Å². The first-order valence-corrected chi connectivity index (χ1v) is 9.75. The zero-order chi connectivity index (χ0) is 18.4. The highest BCUT2D eigenvalue weighted by Crippen LogP contribution is 2.16. The molecular formula is C21H23N3OS. The second-order valence-corrected chi connectivity index (χ2v) is 7.35. The van der Waals surface area contributed by atoms with Gasteiger partial charge in [-0.05, 0) is 31.0 Å². The fourth-order valence-electron chi connectivity index (χ4n) is 2.97. The summed E-state index contributed by atoms with van der Waals surface area (Å²) in [6.45, 7) is 4.72. The van der Waals surface area contributed by atoms with Crippen molar-refractivity contribution in [3.05, 3.63) is 83.4 Å². The molecule has 3 rings (SSSR count). The zero-order valence-electron chi connectivity index (χ0n) is 15.1. The molecule has 1 aromatic heterocycles. The van der Waals surface area contributed by atoms with E-state index < -0.39 is 0 Å². The van der Waals surface area contributed by atoms with Gasteiger partial charge in [-0.1, -0.05) is 47.5 Å². The van der Waals surface area contributed by atoms with E-state index in [9.17, 15) is 4.79 Å². The van der Waals surface area contributed by atoms with Crippen molar-refractivity contribution in [2.45, 2.75) is 26.1 Å². The Hall–Kier alpha value is -2.53. The van der Waals surface area contributed by atoms with Gasteiger partial charge in [-0.3, -0.25) is 4.79 Å². The number of rotatable bonds is 7. The molecule has 0 atom stereocenters. The van der Waals surface area contributed by atoms with Crippen molar-refractivity contribution < 1.29 is 4.79 Å². The molecule has 0 aliphatic carbocycles. The summed E-state index contributed by atoms with van der Waals surface area (Å²) in [5.41, 5.74) is 5.90. The molecule has 5 heteroatoms. The normalized spacial score (nSPS) is 10.7. The fraction of sp³-hybridized carbons (Fsp3) is 0.238. The average molecular weight is 366 g/mol. The molecule has 2 aromatic carbocycles. The number of aromatic nitrogens is 2. The van der Waals surface area contributed by atoms with Crippen LogP contribution in [0, 0.1) is 13.8 Å². The first-order chi connectivity index (χ1) is 12.6. The maximum atomic E-state index is 12.2. The molecule has 0 saturated carbocycles.